The number of nitro benzene ring substituents is 1. The van der Waals surface area contributed by atoms with Gasteiger partial charge in [-0.2, -0.15) is 0 Å². The third-order valence-corrected chi connectivity index (χ3v) is 4.75. The predicted molar refractivity (Wildman–Crippen MR) is 80.2 cm³/mol. The summed E-state index contributed by atoms with van der Waals surface area (Å²) in [4.78, 5) is 13.0. The Hall–Kier alpha value is -1.66. The molecule has 0 aromatic heterocycles. The maximum absolute atomic E-state index is 11.0. The van der Waals surface area contributed by atoms with Gasteiger partial charge in [0.15, 0.2) is 0 Å². The van der Waals surface area contributed by atoms with Crippen LogP contribution < -0.4 is 5.32 Å². The van der Waals surface area contributed by atoms with Crippen LogP contribution in [0.5, 0.6) is 0 Å². The molecule has 3 rings (SSSR count). The van der Waals surface area contributed by atoms with Gasteiger partial charge in [-0.1, -0.05) is 6.07 Å². The van der Waals surface area contributed by atoms with Gasteiger partial charge in [-0.05, 0) is 37.3 Å². The van der Waals surface area contributed by atoms with Crippen LogP contribution in [0.4, 0.5) is 11.4 Å². The fourth-order valence-corrected chi connectivity index (χ4v) is 3.76. The zero-order valence-electron chi connectivity index (χ0n) is 12.2. The van der Waals surface area contributed by atoms with Gasteiger partial charge in [0.1, 0.15) is 5.69 Å². The molecule has 6 nitrogen and oxygen atoms in total. The Balaban J connectivity index is 1.78. The molecular formula is C15H21N3O3. The number of hydrogen-bond donors (Lipinski definition) is 2. The minimum absolute atomic E-state index is 0.110. The molecule has 6 heteroatoms. The summed E-state index contributed by atoms with van der Waals surface area (Å²) in [5.41, 5.74) is 1.75. The molecule has 2 unspecified atom stereocenters. The van der Waals surface area contributed by atoms with Crippen LogP contribution in [0.25, 0.3) is 0 Å². The molecule has 2 aliphatic rings. The number of anilines is 1. The smallest absolute Gasteiger partial charge is 0.292 e. The maximum atomic E-state index is 11.0. The number of aliphatic hydroxyl groups excluding tert-OH is 1. The largest absolute Gasteiger partial charge is 0.393 e. The van der Waals surface area contributed by atoms with Gasteiger partial charge in [0.05, 0.1) is 11.0 Å². The van der Waals surface area contributed by atoms with E-state index < -0.39 is 0 Å². The number of piperidine rings is 1. The molecule has 114 valence electrons. The van der Waals surface area contributed by atoms with Crippen molar-refractivity contribution in [3.05, 3.63) is 33.9 Å². The summed E-state index contributed by atoms with van der Waals surface area (Å²) in [5.74, 6) is 0. The number of hydrogen-bond acceptors (Lipinski definition) is 5. The van der Waals surface area contributed by atoms with Crippen LogP contribution in [-0.4, -0.2) is 40.2 Å². The summed E-state index contributed by atoms with van der Waals surface area (Å²) in [6.45, 7) is 0.800. The van der Waals surface area contributed by atoms with Crippen molar-refractivity contribution in [2.24, 2.45) is 0 Å². The van der Waals surface area contributed by atoms with Crippen LogP contribution in [-0.2, 0) is 6.54 Å². The van der Waals surface area contributed by atoms with E-state index in [9.17, 15) is 15.2 Å². The first-order valence-electron chi connectivity index (χ1n) is 7.47. The molecule has 0 spiro atoms. The highest BCUT2D eigenvalue weighted by Gasteiger charge is 2.39. The topological polar surface area (TPSA) is 78.6 Å². The van der Waals surface area contributed by atoms with Crippen molar-refractivity contribution >= 4 is 11.4 Å². The molecular weight excluding hydrogens is 270 g/mol. The maximum Gasteiger partial charge on any atom is 0.292 e. The first-order chi connectivity index (χ1) is 10.1. The van der Waals surface area contributed by atoms with E-state index in [1.165, 1.54) is 0 Å². The normalized spacial score (nSPS) is 28.6. The summed E-state index contributed by atoms with van der Waals surface area (Å²) in [7, 11) is 1.70. The number of nitrogens with one attached hydrogen (secondary N) is 1. The van der Waals surface area contributed by atoms with E-state index in [2.05, 4.69) is 10.2 Å². The van der Waals surface area contributed by atoms with Gasteiger partial charge in [0.25, 0.3) is 5.69 Å². The standard InChI is InChI=1S/C15H21N3O3/c1-16-14-6-10(2-5-15(14)18(20)21)9-17-11-3-4-12(17)8-13(19)7-11/h2,5-6,11-13,16,19H,3-4,7-9H2,1H3. The number of fused-ring (bicyclic) bond motifs is 2. The molecule has 2 bridgehead atoms. The van der Waals surface area contributed by atoms with E-state index in [0.29, 0.717) is 17.8 Å². The van der Waals surface area contributed by atoms with E-state index >= 15 is 0 Å². The fourth-order valence-electron chi connectivity index (χ4n) is 3.76. The van der Waals surface area contributed by atoms with Crippen molar-refractivity contribution in [3.8, 4) is 0 Å². The Bertz CT molecular complexity index is 535. The molecule has 2 N–H and O–H groups in total. The van der Waals surface area contributed by atoms with Crippen LogP contribution in [0.2, 0.25) is 0 Å². The van der Waals surface area contributed by atoms with E-state index in [1.54, 1.807) is 13.1 Å². The lowest BCUT2D eigenvalue weighted by Crippen LogP contribution is -2.44. The monoisotopic (exact) mass is 291 g/mol. The summed E-state index contributed by atoms with van der Waals surface area (Å²) in [5, 5.41) is 23.7. The highest BCUT2D eigenvalue weighted by molar-refractivity contribution is 5.62. The van der Waals surface area contributed by atoms with Crippen molar-refractivity contribution in [2.75, 3.05) is 12.4 Å². The third kappa shape index (κ3) is 2.73. The molecule has 21 heavy (non-hydrogen) atoms. The Labute approximate surface area is 123 Å². The average molecular weight is 291 g/mol. The Morgan fingerprint density at radius 2 is 2.05 bits per heavy atom. The number of benzene rings is 1. The van der Waals surface area contributed by atoms with Crippen LogP contribution in [0.1, 0.15) is 31.2 Å². The quantitative estimate of drug-likeness (QED) is 0.656. The number of nitro groups is 1. The van der Waals surface area contributed by atoms with Gasteiger partial charge in [-0.3, -0.25) is 15.0 Å². The van der Waals surface area contributed by atoms with Crippen LogP contribution in [0, 0.1) is 10.1 Å². The van der Waals surface area contributed by atoms with E-state index in [1.807, 2.05) is 12.1 Å². The van der Waals surface area contributed by atoms with E-state index in [-0.39, 0.29) is 16.7 Å². The molecule has 1 aromatic carbocycles. The zero-order valence-corrected chi connectivity index (χ0v) is 12.2. The average Bonchev–Trinajstić information content (AvgIpc) is 2.70. The molecule has 2 heterocycles. The Morgan fingerprint density at radius 3 is 2.62 bits per heavy atom. The molecule has 2 aliphatic heterocycles. The highest BCUT2D eigenvalue weighted by Crippen LogP contribution is 2.37. The minimum atomic E-state index is -0.365. The van der Waals surface area contributed by atoms with Gasteiger partial charge in [-0.25, -0.2) is 0 Å². The van der Waals surface area contributed by atoms with Crippen molar-refractivity contribution in [1.82, 2.24) is 4.90 Å². The number of aliphatic hydroxyl groups is 1. The SMILES string of the molecule is CNc1cc(CN2C3CCC2CC(O)C3)ccc1[N+](=O)[O-]. The second-order valence-electron chi connectivity index (χ2n) is 6.04. The van der Waals surface area contributed by atoms with Crippen molar-refractivity contribution in [3.63, 3.8) is 0 Å². The molecule has 0 aliphatic carbocycles. The second-order valence-corrected chi connectivity index (χ2v) is 6.04. The molecule has 0 radical (unpaired) electrons. The molecule has 2 fully saturated rings. The fraction of sp³-hybridized carbons (Fsp3) is 0.600. The van der Waals surface area contributed by atoms with E-state index in [4.69, 9.17) is 0 Å². The van der Waals surface area contributed by atoms with Gasteiger partial charge >= 0.3 is 0 Å². The Kier molecular flexibility index (Phi) is 3.82. The molecule has 2 atom stereocenters. The zero-order chi connectivity index (χ0) is 15.0. The molecule has 2 saturated heterocycles. The Morgan fingerprint density at radius 1 is 1.38 bits per heavy atom. The minimum Gasteiger partial charge on any atom is -0.393 e. The molecule has 0 saturated carbocycles. The van der Waals surface area contributed by atoms with Crippen molar-refractivity contribution < 1.29 is 10.0 Å². The van der Waals surface area contributed by atoms with Gasteiger partial charge in [0, 0.05) is 31.7 Å². The van der Waals surface area contributed by atoms with Gasteiger partial charge < -0.3 is 10.4 Å². The van der Waals surface area contributed by atoms with Crippen LogP contribution >= 0.6 is 0 Å². The molecule has 0 amide bonds. The molecule has 1 aromatic rings. The van der Waals surface area contributed by atoms with Crippen LogP contribution in [0.15, 0.2) is 18.2 Å². The highest BCUT2D eigenvalue weighted by atomic mass is 16.6. The lowest BCUT2D eigenvalue weighted by Gasteiger charge is -2.37. The first-order valence-corrected chi connectivity index (χ1v) is 7.47. The number of rotatable bonds is 4. The van der Waals surface area contributed by atoms with Crippen LogP contribution in [0.3, 0.4) is 0 Å². The third-order valence-electron chi connectivity index (χ3n) is 4.75. The van der Waals surface area contributed by atoms with Crippen molar-refractivity contribution in [1.29, 1.82) is 0 Å². The van der Waals surface area contributed by atoms with E-state index in [0.717, 1.165) is 37.8 Å². The summed E-state index contributed by atoms with van der Waals surface area (Å²) in [6, 6.07) is 6.17. The lowest BCUT2D eigenvalue weighted by atomic mass is 9.99. The summed E-state index contributed by atoms with van der Waals surface area (Å²) < 4.78 is 0. The predicted octanol–water partition coefficient (Wildman–Crippen LogP) is 2.12. The number of nitrogens with zero attached hydrogens (tertiary/aromatic N) is 2. The summed E-state index contributed by atoms with van der Waals surface area (Å²) >= 11 is 0. The van der Waals surface area contributed by atoms with Gasteiger partial charge in [0.2, 0.25) is 0 Å². The first kappa shape index (κ1) is 14.3. The lowest BCUT2D eigenvalue weighted by molar-refractivity contribution is -0.384. The van der Waals surface area contributed by atoms with Gasteiger partial charge in [-0.15, -0.1) is 0 Å². The van der Waals surface area contributed by atoms with Crippen molar-refractivity contribution in [2.45, 2.75) is 50.4 Å². The summed E-state index contributed by atoms with van der Waals surface area (Å²) in [6.07, 6.45) is 3.83. The second kappa shape index (κ2) is 5.61.